The van der Waals surface area contributed by atoms with E-state index in [0.717, 1.165) is 0 Å². The number of hydrogen-bond donors (Lipinski definition) is 2. The molecule has 0 atom stereocenters. The maximum absolute atomic E-state index is 13.0. The quantitative estimate of drug-likeness (QED) is 0.575. The fourth-order valence-electron chi connectivity index (χ4n) is 3.12. The van der Waals surface area contributed by atoms with Crippen LogP contribution in [0.2, 0.25) is 0 Å². The Morgan fingerprint density at radius 3 is 2.45 bits per heavy atom. The number of para-hydroxylation sites is 1. The summed E-state index contributed by atoms with van der Waals surface area (Å²) in [4.78, 5) is 25.2. The third-order valence-electron chi connectivity index (χ3n) is 4.91. The molecule has 0 fully saturated rings. The van der Waals surface area contributed by atoms with Crippen LogP contribution in [0.1, 0.15) is 21.6 Å². The van der Waals surface area contributed by atoms with Gasteiger partial charge in [-0.05, 0) is 43.7 Å². The van der Waals surface area contributed by atoms with Crippen LogP contribution in [0.25, 0.3) is 5.69 Å². The van der Waals surface area contributed by atoms with Crippen LogP contribution in [0.3, 0.4) is 0 Å². The van der Waals surface area contributed by atoms with Gasteiger partial charge in [0.1, 0.15) is 5.69 Å². The average Bonchev–Trinajstić information content (AvgIpc) is 2.95. The number of terminal acetylenes is 1. The highest BCUT2D eigenvalue weighted by atomic mass is 32.2. The lowest BCUT2D eigenvalue weighted by Gasteiger charge is -2.10. The molecule has 2 N–H and O–H groups in total. The maximum atomic E-state index is 13.0. The number of hydrogen-bond acceptors (Lipinski definition) is 4. The van der Waals surface area contributed by atoms with Gasteiger partial charge < -0.3 is 5.32 Å². The zero-order valence-corrected chi connectivity index (χ0v) is 18.2. The normalized spacial score (nSPS) is 11.0. The molecule has 0 spiro atoms. The Labute approximate surface area is 180 Å². The molecule has 160 valence electrons. The fraction of sp³-hybridized carbons (Fsp3) is 0.182. The van der Waals surface area contributed by atoms with Crippen molar-refractivity contribution in [3.8, 4) is 18.0 Å². The minimum Gasteiger partial charge on any atom is -0.341 e. The number of amides is 1. The highest BCUT2D eigenvalue weighted by molar-refractivity contribution is 7.92. The summed E-state index contributed by atoms with van der Waals surface area (Å²) in [7, 11) is -2.47. The first kappa shape index (κ1) is 21.9. The van der Waals surface area contributed by atoms with Crippen LogP contribution in [-0.4, -0.2) is 30.2 Å². The van der Waals surface area contributed by atoms with Crippen LogP contribution >= 0.6 is 0 Å². The molecule has 1 heterocycles. The second kappa shape index (κ2) is 8.53. The first-order valence-corrected chi connectivity index (χ1v) is 10.8. The third kappa shape index (κ3) is 4.25. The van der Waals surface area contributed by atoms with E-state index < -0.39 is 21.5 Å². The molecule has 0 bridgehead atoms. The Hall–Kier alpha value is -3.77. The van der Waals surface area contributed by atoms with Gasteiger partial charge in [-0.25, -0.2) is 13.1 Å². The SMILES string of the molecule is C#CCNC(=O)c1cc(S(=O)(=O)Nc2c(C)n(C)n(-c3ccccc3)c2=O)ccc1C. The monoisotopic (exact) mass is 438 g/mol. The molecule has 0 saturated heterocycles. The molecule has 2 aromatic carbocycles. The van der Waals surface area contributed by atoms with Gasteiger partial charge in [0, 0.05) is 12.6 Å². The summed E-state index contributed by atoms with van der Waals surface area (Å²) < 4.78 is 31.4. The third-order valence-corrected chi connectivity index (χ3v) is 6.25. The molecule has 3 rings (SSSR count). The van der Waals surface area contributed by atoms with Crippen molar-refractivity contribution in [3.05, 3.63) is 75.7 Å². The van der Waals surface area contributed by atoms with Crippen molar-refractivity contribution in [3.63, 3.8) is 0 Å². The molecule has 0 aliphatic heterocycles. The minimum atomic E-state index is -4.13. The number of nitrogens with one attached hydrogen (secondary N) is 2. The summed E-state index contributed by atoms with van der Waals surface area (Å²) in [5.41, 5.74) is 1.25. The van der Waals surface area contributed by atoms with Crippen molar-refractivity contribution in [1.82, 2.24) is 14.7 Å². The van der Waals surface area contributed by atoms with Crippen molar-refractivity contribution in [1.29, 1.82) is 0 Å². The van der Waals surface area contributed by atoms with Crippen molar-refractivity contribution in [2.24, 2.45) is 7.05 Å². The number of aromatic nitrogens is 2. The molecule has 0 saturated carbocycles. The van der Waals surface area contributed by atoms with Gasteiger partial charge in [0.15, 0.2) is 0 Å². The highest BCUT2D eigenvalue weighted by Crippen LogP contribution is 2.21. The predicted molar refractivity (Wildman–Crippen MR) is 119 cm³/mol. The lowest BCUT2D eigenvalue weighted by Crippen LogP contribution is -2.25. The second-order valence-corrected chi connectivity index (χ2v) is 8.59. The second-order valence-electron chi connectivity index (χ2n) is 6.91. The Kier molecular flexibility index (Phi) is 6.04. The Bertz CT molecular complexity index is 1350. The molecular weight excluding hydrogens is 416 g/mol. The molecule has 3 aromatic rings. The number of nitrogens with zero attached hydrogens (tertiary/aromatic N) is 2. The molecular formula is C22H22N4O4S. The Morgan fingerprint density at radius 2 is 1.81 bits per heavy atom. The molecule has 1 amide bonds. The van der Waals surface area contributed by atoms with E-state index in [1.54, 1.807) is 49.8 Å². The van der Waals surface area contributed by atoms with Crippen molar-refractivity contribution >= 4 is 21.6 Å². The van der Waals surface area contributed by atoms with E-state index in [9.17, 15) is 18.0 Å². The number of sulfonamides is 1. The first-order valence-electron chi connectivity index (χ1n) is 9.36. The highest BCUT2D eigenvalue weighted by Gasteiger charge is 2.23. The number of carbonyl (C=O) groups is 1. The molecule has 8 nitrogen and oxygen atoms in total. The molecule has 9 heteroatoms. The molecule has 31 heavy (non-hydrogen) atoms. The molecule has 1 aromatic heterocycles. The Balaban J connectivity index is 2.02. The number of rotatable bonds is 6. The van der Waals surface area contributed by atoms with Crippen LogP contribution < -0.4 is 15.6 Å². The smallest absolute Gasteiger partial charge is 0.296 e. The van der Waals surface area contributed by atoms with Gasteiger partial charge in [-0.1, -0.05) is 30.2 Å². The standard InChI is InChI=1S/C22H22N4O4S/c1-5-13-23-21(27)19-14-18(12-11-15(19)2)31(29,30)24-20-16(3)25(4)26(22(20)28)17-9-7-6-8-10-17/h1,6-12,14,24H,13H2,2-4H3,(H,23,27). The summed E-state index contributed by atoms with van der Waals surface area (Å²) >= 11 is 0. The van der Waals surface area contributed by atoms with Crippen molar-refractivity contribution < 1.29 is 13.2 Å². The van der Waals surface area contributed by atoms with Gasteiger partial charge >= 0.3 is 0 Å². The van der Waals surface area contributed by atoms with E-state index in [1.807, 2.05) is 6.07 Å². The zero-order chi connectivity index (χ0) is 22.8. The van der Waals surface area contributed by atoms with Crippen LogP contribution in [-0.2, 0) is 17.1 Å². The van der Waals surface area contributed by atoms with E-state index in [-0.39, 0.29) is 22.7 Å². The van der Waals surface area contributed by atoms with E-state index in [0.29, 0.717) is 16.9 Å². The number of aryl methyl sites for hydroxylation is 1. The van der Waals surface area contributed by atoms with Crippen LogP contribution in [0, 0.1) is 26.2 Å². The van der Waals surface area contributed by atoms with Gasteiger partial charge in [0.25, 0.3) is 21.5 Å². The lowest BCUT2D eigenvalue weighted by atomic mass is 10.1. The van der Waals surface area contributed by atoms with Gasteiger partial charge in [-0.15, -0.1) is 6.42 Å². The molecule has 0 radical (unpaired) electrons. The van der Waals surface area contributed by atoms with Crippen LogP contribution in [0.4, 0.5) is 5.69 Å². The van der Waals surface area contributed by atoms with E-state index in [4.69, 9.17) is 6.42 Å². The Morgan fingerprint density at radius 1 is 1.13 bits per heavy atom. The summed E-state index contributed by atoms with van der Waals surface area (Å²) in [5, 5.41) is 2.52. The van der Waals surface area contributed by atoms with E-state index in [2.05, 4.69) is 16.0 Å². The summed E-state index contributed by atoms with van der Waals surface area (Å²) in [6.45, 7) is 3.36. The van der Waals surface area contributed by atoms with E-state index in [1.165, 1.54) is 22.9 Å². The van der Waals surface area contributed by atoms with Gasteiger partial charge in [-0.3, -0.25) is 19.0 Å². The minimum absolute atomic E-state index is 0.0236. The topological polar surface area (TPSA) is 102 Å². The fourth-order valence-corrected chi connectivity index (χ4v) is 4.26. The molecule has 0 unspecified atom stereocenters. The van der Waals surface area contributed by atoms with Crippen molar-refractivity contribution in [2.45, 2.75) is 18.7 Å². The van der Waals surface area contributed by atoms with Gasteiger partial charge in [0.05, 0.1) is 22.8 Å². The zero-order valence-electron chi connectivity index (χ0n) is 17.3. The summed E-state index contributed by atoms with van der Waals surface area (Å²) in [5.74, 6) is 1.82. The van der Waals surface area contributed by atoms with Gasteiger partial charge in [-0.2, -0.15) is 0 Å². The number of anilines is 1. The maximum Gasteiger partial charge on any atom is 0.296 e. The number of benzene rings is 2. The molecule has 0 aliphatic rings. The lowest BCUT2D eigenvalue weighted by molar-refractivity contribution is 0.0958. The molecule has 0 aliphatic carbocycles. The average molecular weight is 439 g/mol. The summed E-state index contributed by atoms with van der Waals surface area (Å²) in [6, 6.07) is 13.1. The number of carbonyl (C=O) groups excluding carboxylic acids is 1. The summed E-state index contributed by atoms with van der Waals surface area (Å²) in [6.07, 6.45) is 5.16. The largest absolute Gasteiger partial charge is 0.341 e. The van der Waals surface area contributed by atoms with Crippen molar-refractivity contribution in [2.75, 3.05) is 11.3 Å². The predicted octanol–water partition coefficient (Wildman–Crippen LogP) is 1.96. The first-order chi connectivity index (χ1) is 14.7. The van der Waals surface area contributed by atoms with Crippen LogP contribution in [0.5, 0.6) is 0 Å². The van der Waals surface area contributed by atoms with Gasteiger partial charge in [0.2, 0.25) is 0 Å². The van der Waals surface area contributed by atoms with Crippen LogP contribution in [0.15, 0.2) is 58.2 Å². The van der Waals surface area contributed by atoms with E-state index >= 15 is 0 Å².